The van der Waals surface area contributed by atoms with E-state index in [-0.39, 0.29) is 0 Å². The van der Waals surface area contributed by atoms with Crippen LogP contribution >= 0.6 is 0 Å². The Bertz CT molecular complexity index is 2830. The Morgan fingerprint density at radius 3 is 1.36 bits per heavy atom. The summed E-state index contributed by atoms with van der Waals surface area (Å²) in [5.41, 5.74) is 12.5. The third-order valence-electron chi connectivity index (χ3n) is 9.82. The summed E-state index contributed by atoms with van der Waals surface area (Å²) in [5, 5.41) is 4.81. The molecule has 50 heavy (non-hydrogen) atoms. The lowest BCUT2D eigenvalue weighted by atomic mass is 10.00. The minimum Gasteiger partial charge on any atom is -0.309 e. The van der Waals surface area contributed by atoms with Crippen molar-refractivity contribution in [1.82, 2.24) is 19.1 Å². The Hall–Kier alpha value is -6.78. The smallest absolute Gasteiger partial charge is 0.159 e. The van der Waals surface area contributed by atoms with Gasteiger partial charge in [-0.15, -0.1) is 0 Å². The van der Waals surface area contributed by atoms with E-state index in [0.717, 1.165) is 33.8 Å². The van der Waals surface area contributed by atoms with Gasteiger partial charge in [-0.25, -0.2) is 9.97 Å². The molecule has 0 N–H and O–H groups in total. The molecular formula is C46H30N4. The van der Waals surface area contributed by atoms with Gasteiger partial charge in [0.1, 0.15) is 0 Å². The second-order valence-electron chi connectivity index (χ2n) is 12.7. The molecule has 0 fully saturated rings. The van der Waals surface area contributed by atoms with Crippen molar-refractivity contribution >= 4 is 43.6 Å². The minimum atomic E-state index is 0.718. The molecule has 0 atom stereocenters. The zero-order valence-corrected chi connectivity index (χ0v) is 27.1. The van der Waals surface area contributed by atoms with E-state index in [0.29, 0.717) is 0 Å². The number of nitrogens with zero attached hydrogens (tertiary/aromatic N) is 4. The molecule has 0 amide bonds. The maximum atomic E-state index is 4.79. The van der Waals surface area contributed by atoms with Crippen molar-refractivity contribution in [3.05, 3.63) is 182 Å². The third-order valence-corrected chi connectivity index (χ3v) is 9.82. The first-order valence-corrected chi connectivity index (χ1v) is 16.9. The number of aromatic nitrogens is 4. The van der Waals surface area contributed by atoms with Crippen molar-refractivity contribution in [3.8, 4) is 45.0 Å². The lowest BCUT2D eigenvalue weighted by Gasteiger charge is -2.11. The topological polar surface area (TPSA) is 35.6 Å². The molecule has 0 aliphatic carbocycles. The van der Waals surface area contributed by atoms with Gasteiger partial charge in [-0.05, 0) is 58.7 Å². The van der Waals surface area contributed by atoms with Gasteiger partial charge in [0.15, 0.2) is 5.82 Å². The van der Waals surface area contributed by atoms with Gasteiger partial charge in [-0.3, -0.25) is 0 Å². The van der Waals surface area contributed by atoms with E-state index in [1.165, 1.54) is 54.8 Å². The Kier molecular flexibility index (Phi) is 6.46. The highest BCUT2D eigenvalue weighted by molar-refractivity contribution is 6.19. The molecule has 0 spiro atoms. The SMILES string of the molecule is c1ccc(-c2ccc(-c3cccc(-n4c5ccccc5c5cc6c(cc54)c4ccccc4n6-c4cnc(-c5ccccc5)nc4)c3)cc2)cc1. The van der Waals surface area contributed by atoms with Crippen LogP contribution in [0.25, 0.3) is 88.6 Å². The standard InChI is InChI=1S/C46H30N4/c1-3-12-31(13-4-1)32-22-24-33(25-23-32)35-16-11-17-36(26-35)49-42-20-9-7-18-38(42)40-28-45-41(27-44(40)49)39-19-8-10-21-43(39)50(45)37-29-47-46(48-30-37)34-14-5-2-6-15-34/h1-30H. The van der Waals surface area contributed by atoms with Crippen LogP contribution in [0.2, 0.25) is 0 Å². The molecule has 0 radical (unpaired) electrons. The van der Waals surface area contributed by atoms with Crippen molar-refractivity contribution < 1.29 is 0 Å². The van der Waals surface area contributed by atoms with Gasteiger partial charge in [0, 0.05) is 32.8 Å². The predicted molar refractivity (Wildman–Crippen MR) is 207 cm³/mol. The fourth-order valence-corrected chi connectivity index (χ4v) is 7.47. The first kappa shape index (κ1) is 28.3. The number of rotatable bonds is 5. The van der Waals surface area contributed by atoms with Crippen LogP contribution in [0.3, 0.4) is 0 Å². The highest BCUT2D eigenvalue weighted by Gasteiger charge is 2.19. The summed E-state index contributed by atoms with van der Waals surface area (Å²) in [6.07, 6.45) is 3.87. The molecule has 4 nitrogen and oxygen atoms in total. The lowest BCUT2D eigenvalue weighted by molar-refractivity contribution is 1.08. The van der Waals surface area contributed by atoms with E-state index in [4.69, 9.17) is 9.97 Å². The summed E-state index contributed by atoms with van der Waals surface area (Å²) in [6.45, 7) is 0. The van der Waals surface area contributed by atoms with E-state index in [1.807, 2.05) is 42.7 Å². The van der Waals surface area contributed by atoms with Gasteiger partial charge in [0.05, 0.1) is 40.1 Å². The second kappa shape index (κ2) is 11.4. The molecule has 10 rings (SSSR count). The summed E-state index contributed by atoms with van der Waals surface area (Å²) in [5.74, 6) is 0.718. The van der Waals surface area contributed by atoms with Crippen LogP contribution in [-0.2, 0) is 0 Å². The normalized spacial score (nSPS) is 11.6. The number of hydrogen-bond acceptors (Lipinski definition) is 2. The maximum absolute atomic E-state index is 4.79. The van der Waals surface area contributed by atoms with E-state index >= 15 is 0 Å². The van der Waals surface area contributed by atoms with Crippen molar-refractivity contribution in [2.24, 2.45) is 0 Å². The van der Waals surface area contributed by atoms with Crippen molar-refractivity contribution in [3.63, 3.8) is 0 Å². The summed E-state index contributed by atoms with van der Waals surface area (Å²) in [6, 6.07) is 60.5. The van der Waals surface area contributed by atoms with Crippen LogP contribution in [-0.4, -0.2) is 19.1 Å². The minimum absolute atomic E-state index is 0.718. The zero-order valence-electron chi connectivity index (χ0n) is 27.1. The number of benzene rings is 7. The van der Waals surface area contributed by atoms with Crippen molar-refractivity contribution in [1.29, 1.82) is 0 Å². The average molecular weight is 639 g/mol. The highest BCUT2D eigenvalue weighted by Crippen LogP contribution is 2.40. The number of para-hydroxylation sites is 2. The number of fused-ring (bicyclic) bond motifs is 6. The molecule has 3 aromatic heterocycles. The van der Waals surface area contributed by atoms with E-state index in [9.17, 15) is 0 Å². The molecule has 0 saturated heterocycles. The second-order valence-corrected chi connectivity index (χ2v) is 12.7. The molecule has 0 aliphatic heterocycles. The molecule has 0 saturated carbocycles. The highest BCUT2D eigenvalue weighted by atomic mass is 15.0. The van der Waals surface area contributed by atoms with E-state index in [2.05, 4.69) is 149 Å². The van der Waals surface area contributed by atoms with Crippen LogP contribution in [0.4, 0.5) is 0 Å². The maximum Gasteiger partial charge on any atom is 0.159 e. The van der Waals surface area contributed by atoms with Crippen molar-refractivity contribution in [2.45, 2.75) is 0 Å². The van der Waals surface area contributed by atoms with Gasteiger partial charge in [-0.2, -0.15) is 0 Å². The van der Waals surface area contributed by atoms with E-state index < -0.39 is 0 Å². The largest absolute Gasteiger partial charge is 0.309 e. The van der Waals surface area contributed by atoms with Crippen LogP contribution in [0.5, 0.6) is 0 Å². The molecule has 234 valence electrons. The summed E-state index contributed by atoms with van der Waals surface area (Å²) < 4.78 is 4.71. The van der Waals surface area contributed by atoms with Gasteiger partial charge in [0.25, 0.3) is 0 Å². The molecular weight excluding hydrogens is 609 g/mol. The number of hydrogen-bond donors (Lipinski definition) is 0. The van der Waals surface area contributed by atoms with Gasteiger partial charge in [0.2, 0.25) is 0 Å². The lowest BCUT2D eigenvalue weighted by Crippen LogP contribution is -1.98. The predicted octanol–water partition coefficient (Wildman–Crippen LogP) is 11.7. The molecule has 0 unspecified atom stereocenters. The van der Waals surface area contributed by atoms with Gasteiger partial charge >= 0.3 is 0 Å². The fraction of sp³-hybridized carbons (Fsp3) is 0. The first-order chi connectivity index (χ1) is 24.8. The molecule has 4 heteroatoms. The fourth-order valence-electron chi connectivity index (χ4n) is 7.47. The monoisotopic (exact) mass is 638 g/mol. The van der Waals surface area contributed by atoms with Gasteiger partial charge in [-0.1, -0.05) is 133 Å². The van der Waals surface area contributed by atoms with E-state index in [1.54, 1.807) is 0 Å². The molecule has 3 heterocycles. The Labute approximate surface area is 289 Å². The third kappa shape index (κ3) is 4.54. The Balaban J connectivity index is 1.15. The molecule has 0 aliphatic rings. The Morgan fingerprint density at radius 1 is 0.300 bits per heavy atom. The summed E-state index contributed by atoms with van der Waals surface area (Å²) >= 11 is 0. The van der Waals surface area contributed by atoms with Crippen molar-refractivity contribution in [2.75, 3.05) is 0 Å². The molecule has 10 aromatic rings. The van der Waals surface area contributed by atoms with Crippen LogP contribution in [0.1, 0.15) is 0 Å². The van der Waals surface area contributed by atoms with Crippen LogP contribution < -0.4 is 0 Å². The molecule has 7 aromatic carbocycles. The van der Waals surface area contributed by atoms with Crippen LogP contribution in [0.15, 0.2) is 182 Å². The van der Waals surface area contributed by atoms with Gasteiger partial charge < -0.3 is 9.13 Å². The average Bonchev–Trinajstić information content (AvgIpc) is 3.70. The van der Waals surface area contributed by atoms with Crippen LogP contribution in [0, 0.1) is 0 Å². The quantitative estimate of drug-likeness (QED) is 0.188. The first-order valence-electron chi connectivity index (χ1n) is 16.9. The Morgan fingerprint density at radius 2 is 0.760 bits per heavy atom. The molecule has 0 bridgehead atoms. The zero-order chi connectivity index (χ0) is 33.0. The summed E-state index contributed by atoms with van der Waals surface area (Å²) in [7, 11) is 0. The summed E-state index contributed by atoms with van der Waals surface area (Å²) in [4.78, 5) is 9.58.